The van der Waals surface area contributed by atoms with Crippen molar-refractivity contribution in [3.8, 4) is 0 Å². The molecular weight excluding hydrogens is 247 g/mol. The van der Waals surface area contributed by atoms with Crippen LogP contribution in [0.1, 0.15) is 13.3 Å². The van der Waals surface area contributed by atoms with E-state index in [9.17, 15) is 17.6 Å². The third kappa shape index (κ3) is 4.52. The third-order valence-electron chi connectivity index (χ3n) is 2.04. The molecule has 0 spiro atoms. The van der Waals surface area contributed by atoms with Crippen LogP contribution in [-0.2, 0) is 19.4 Å². The highest BCUT2D eigenvalue weighted by Gasteiger charge is 2.14. The van der Waals surface area contributed by atoms with Crippen LogP contribution in [0.15, 0.2) is 29.2 Å². The van der Waals surface area contributed by atoms with Crippen molar-refractivity contribution >= 4 is 15.8 Å². The Bertz CT molecular complexity index is 479. The van der Waals surface area contributed by atoms with Gasteiger partial charge in [-0.2, -0.15) is 0 Å². The SMILES string of the molecule is CC(=O)OCCCS(=O)(=O)c1ccc(F)cc1. The first kappa shape index (κ1) is 13.6. The highest BCUT2D eigenvalue weighted by atomic mass is 32.2. The number of hydrogen-bond acceptors (Lipinski definition) is 4. The van der Waals surface area contributed by atoms with E-state index in [1.54, 1.807) is 0 Å². The van der Waals surface area contributed by atoms with Crippen molar-refractivity contribution in [1.82, 2.24) is 0 Å². The number of rotatable bonds is 5. The lowest BCUT2D eigenvalue weighted by Gasteiger charge is -2.04. The number of sulfone groups is 1. The first-order valence-electron chi connectivity index (χ1n) is 5.03. The van der Waals surface area contributed by atoms with Crippen molar-refractivity contribution in [2.45, 2.75) is 18.2 Å². The van der Waals surface area contributed by atoms with Crippen LogP contribution in [0.4, 0.5) is 4.39 Å². The number of benzene rings is 1. The molecule has 0 saturated carbocycles. The van der Waals surface area contributed by atoms with Gasteiger partial charge in [-0.15, -0.1) is 0 Å². The fourth-order valence-electron chi connectivity index (χ4n) is 1.22. The van der Waals surface area contributed by atoms with Crippen molar-refractivity contribution in [2.75, 3.05) is 12.4 Å². The van der Waals surface area contributed by atoms with Gasteiger partial charge in [-0.25, -0.2) is 12.8 Å². The summed E-state index contributed by atoms with van der Waals surface area (Å²) in [6.07, 6.45) is 0.222. The van der Waals surface area contributed by atoms with E-state index >= 15 is 0 Å². The fraction of sp³-hybridized carbons (Fsp3) is 0.364. The maximum absolute atomic E-state index is 12.6. The normalized spacial score (nSPS) is 11.2. The molecule has 17 heavy (non-hydrogen) atoms. The standard InChI is InChI=1S/C11H13FO4S/c1-9(13)16-7-2-8-17(14,15)11-5-3-10(12)4-6-11/h3-6H,2,7-8H2,1H3. The van der Waals surface area contributed by atoms with Crippen molar-refractivity contribution in [3.63, 3.8) is 0 Å². The molecule has 0 fully saturated rings. The lowest BCUT2D eigenvalue weighted by atomic mass is 10.4. The summed E-state index contributed by atoms with van der Waals surface area (Å²) in [6.45, 7) is 1.32. The predicted molar refractivity (Wildman–Crippen MR) is 59.7 cm³/mol. The van der Waals surface area contributed by atoms with Crippen molar-refractivity contribution in [2.24, 2.45) is 0 Å². The summed E-state index contributed by atoms with van der Waals surface area (Å²) in [5.41, 5.74) is 0. The third-order valence-corrected chi connectivity index (χ3v) is 3.85. The molecule has 0 amide bonds. The van der Waals surface area contributed by atoms with Gasteiger partial charge >= 0.3 is 5.97 Å². The van der Waals surface area contributed by atoms with Crippen LogP contribution in [0.5, 0.6) is 0 Å². The predicted octanol–water partition coefficient (Wildman–Crippen LogP) is 1.55. The van der Waals surface area contributed by atoms with Gasteiger partial charge in [0, 0.05) is 6.92 Å². The van der Waals surface area contributed by atoms with Crippen LogP contribution < -0.4 is 0 Å². The minimum atomic E-state index is -3.43. The number of carbonyl (C=O) groups is 1. The average Bonchev–Trinajstić information content (AvgIpc) is 2.25. The van der Waals surface area contributed by atoms with Crippen LogP contribution in [0.2, 0.25) is 0 Å². The summed E-state index contributed by atoms with van der Waals surface area (Å²) in [7, 11) is -3.43. The van der Waals surface area contributed by atoms with Crippen molar-refractivity contribution in [3.05, 3.63) is 30.1 Å². The van der Waals surface area contributed by atoms with E-state index in [-0.39, 0.29) is 23.7 Å². The molecule has 0 bridgehead atoms. The highest BCUT2D eigenvalue weighted by molar-refractivity contribution is 7.91. The van der Waals surface area contributed by atoms with Crippen molar-refractivity contribution < 1.29 is 22.3 Å². The van der Waals surface area contributed by atoms with Gasteiger partial charge in [0.05, 0.1) is 17.3 Å². The Morgan fingerprint density at radius 3 is 2.41 bits per heavy atom. The molecule has 0 aliphatic heterocycles. The zero-order valence-electron chi connectivity index (χ0n) is 9.35. The van der Waals surface area contributed by atoms with Gasteiger partial charge in [0.15, 0.2) is 9.84 Å². The molecule has 0 aromatic heterocycles. The molecule has 0 saturated heterocycles. The van der Waals surface area contributed by atoms with Crippen LogP contribution in [0.3, 0.4) is 0 Å². The number of carbonyl (C=O) groups excluding carboxylic acids is 1. The van der Waals surface area contributed by atoms with E-state index in [0.717, 1.165) is 12.1 Å². The van der Waals surface area contributed by atoms with Crippen molar-refractivity contribution in [1.29, 1.82) is 0 Å². The van der Waals surface area contributed by atoms with E-state index in [4.69, 9.17) is 0 Å². The summed E-state index contributed by atoms with van der Waals surface area (Å²) in [5, 5.41) is 0. The number of hydrogen-bond donors (Lipinski definition) is 0. The quantitative estimate of drug-likeness (QED) is 0.458. The summed E-state index contributed by atoms with van der Waals surface area (Å²) in [5.74, 6) is -1.06. The van der Waals surface area contributed by atoms with Gasteiger partial charge in [-0.1, -0.05) is 0 Å². The molecule has 0 aliphatic rings. The molecule has 4 nitrogen and oxygen atoms in total. The Hall–Kier alpha value is -1.43. The van der Waals surface area contributed by atoms with E-state index in [0.29, 0.717) is 0 Å². The summed E-state index contributed by atoms with van der Waals surface area (Å²) in [4.78, 5) is 10.5. The van der Waals surface area contributed by atoms with Crippen LogP contribution in [0, 0.1) is 5.82 Å². The highest BCUT2D eigenvalue weighted by Crippen LogP contribution is 2.12. The van der Waals surface area contributed by atoms with Gasteiger partial charge in [0.1, 0.15) is 5.82 Å². The molecule has 1 rings (SSSR count). The van der Waals surface area contributed by atoms with E-state index < -0.39 is 21.6 Å². The van der Waals surface area contributed by atoms with Gasteiger partial charge < -0.3 is 4.74 Å². The second-order valence-electron chi connectivity index (χ2n) is 3.47. The molecule has 6 heteroatoms. The van der Waals surface area contributed by atoms with E-state index in [1.807, 2.05) is 0 Å². The zero-order valence-corrected chi connectivity index (χ0v) is 10.2. The van der Waals surface area contributed by atoms with Gasteiger partial charge in [0.25, 0.3) is 0 Å². The molecule has 1 aromatic rings. The number of halogens is 1. The molecule has 0 atom stereocenters. The van der Waals surface area contributed by atoms with Gasteiger partial charge in [-0.05, 0) is 30.7 Å². The van der Waals surface area contributed by atoms with E-state index in [1.165, 1.54) is 19.1 Å². The van der Waals surface area contributed by atoms with Crippen LogP contribution in [-0.4, -0.2) is 26.7 Å². The first-order chi connectivity index (χ1) is 7.92. The second kappa shape index (κ2) is 5.77. The Morgan fingerprint density at radius 1 is 1.29 bits per heavy atom. The maximum atomic E-state index is 12.6. The lowest BCUT2D eigenvalue weighted by Crippen LogP contribution is -2.10. The number of esters is 1. The molecule has 0 heterocycles. The van der Waals surface area contributed by atoms with E-state index in [2.05, 4.69) is 4.74 Å². The monoisotopic (exact) mass is 260 g/mol. The Morgan fingerprint density at radius 2 is 1.88 bits per heavy atom. The molecule has 0 N–H and O–H groups in total. The average molecular weight is 260 g/mol. The lowest BCUT2D eigenvalue weighted by molar-refractivity contribution is -0.140. The van der Waals surface area contributed by atoms with Crippen LogP contribution in [0.25, 0.3) is 0 Å². The zero-order chi connectivity index (χ0) is 12.9. The summed E-state index contributed by atoms with van der Waals surface area (Å²) < 4.78 is 40.7. The minimum absolute atomic E-state index is 0.0652. The van der Waals surface area contributed by atoms with Gasteiger partial charge in [-0.3, -0.25) is 4.79 Å². The molecule has 1 aromatic carbocycles. The topological polar surface area (TPSA) is 60.4 Å². The Kier molecular flexibility index (Phi) is 4.62. The maximum Gasteiger partial charge on any atom is 0.302 e. The molecule has 0 radical (unpaired) electrons. The Labute approximate surface area is 99.3 Å². The Balaban J connectivity index is 2.57. The smallest absolute Gasteiger partial charge is 0.302 e. The first-order valence-corrected chi connectivity index (χ1v) is 6.69. The second-order valence-corrected chi connectivity index (χ2v) is 5.58. The molecular formula is C11H13FO4S. The molecule has 94 valence electrons. The molecule has 0 aliphatic carbocycles. The molecule has 0 unspecified atom stereocenters. The van der Waals surface area contributed by atoms with Crippen LogP contribution >= 0.6 is 0 Å². The number of ether oxygens (including phenoxy) is 1. The summed E-state index contributed by atoms with van der Waals surface area (Å²) in [6, 6.07) is 4.63. The van der Waals surface area contributed by atoms with Gasteiger partial charge in [0.2, 0.25) is 0 Å². The largest absolute Gasteiger partial charge is 0.466 e. The minimum Gasteiger partial charge on any atom is -0.466 e. The summed E-state index contributed by atoms with van der Waals surface area (Å²) >= 11 is 0. The fourth-order valence-corrected chi connectivity index (χ4v) is 2.51.